The predicted molar refractivity (Wildman–Crippen MR) is 80.2 cm³/mol. The number of carbonyl (C=O) groups excluding carboxylic acids is 1. The molecule has 24 heavy (non-hydrogen) atoms. The summed E-state index contributed by atoms with van der Waals surface area (Å²) in [5, 5.41) is 0. The van der Waals surface area contributed by atoms with Crippen LogP contribution in [0, 0.1) is 0 Å². The molecule has 1 amide bonds. The zero-order valence-corrected chi connectivity index (χ0v) is 13.6. The molecule has 2 rings (SSSR count). The van der Waals surface area contributed by atoms with E-state index in [9.17, 15) is 18.0 Å². The highest BCUT2D eigenvalue weighted by Gasteiger charge is 2.28. The van der Waals surface area contributed by atoms with Crippen LogP contribution < -0.4 is 9.47 Å². The van der Waals surface area contributed by atoms with Gasteiger partial charge >= 0.3 is 6.18 Å². The van der Waals surface area contributed by atoms with Crippen LogP contribution in [0.4, 0.5) is 13.2 Å². The molecule has 0 radical (unpaired) electrons. The highest BCUT2D eigenvalue weighted by Crippen LogP contribution is 2.33. The molecule has 1 heterocycles. The van der Waals surface area contributed by atoms with Crippen molar-refractivity contribution in [1.82, 2.24) is 4.90 Å². The molecular formula is C16H20F3NO4. The molecule has 134 valence electrons. The van der Waals surface area contributed by atoms with E-state index in [0.29, 0.717) is 31.0 Å². The summed E-state index contributed by atoms with van der Waals surface area (Å²) < 4.78 is 51.0. The van der Waals surface area contributed by atoms with Crippen LogP contribution in [-0.4, -0.2) is 51.0 Å². The fourth-order valence-corrected chi connectivity index (χ4v) is 2.60. The van der Waals surface area contributed by atoms with Gasteiger partial charge in [-0.25, -0.2) is 0 Å². The quantitative estimate of drug-likeness (QED) is 0.742. The Morgan fingerprint density at radius 3 is 2.38 bits per heavy atom. The molecule has 1 aromatic carbocycles. The number of halogens is 3. The van der Waals surface area contributed by atoms with Crippen LogP contribution in [0.2, 0.25) is 0 Å². The number of fused-ring (bicyclic) bond motifs is 1. The molecule has 8 heteroatoms. The lowest BCUT2D eigenvalue weighted by Gasteiger charge is -2.29. The summed E-state index contributed by atoms with van der Waals surface area (Å²) in [6.45, 7) is -0.665. The van der Waals surface area contributed by atoms with E-state index in [1.807, 2.05) is 12.1 Å². The van der Waals surface area contributed by atoms with Crippen molar-refractivity contribution in [3.63, 3.8) is 0 Å². The van der Waals surface area contributed by atoms with Gasteiger partial charge in [0.1, 0.15) is 6.61 Å². The molecule has 0 bridgehead atoms. The third-order valence-corrected chi connectivity index (χ3v) is 3.80. The van der Waals surface area contributed by atoms with Crippen LogP contribution in [0.25, 0.3) is 0 Å². The smallest absolute Gasteiger partial charge is 0.411 e. The van der Waals surface area contributed by atoms with Gasteiger partial charge in [0, 0.05) is 13.1 Å². The van der Waals surface area contributed by atoms with E-state index in [2.05, 4.69) is 4.74 Å². The molecule has 0 spiro atoms. The number of alkyl halides is 3. The first-order chi connectivity index (χ1) is 11.3. The average molecular weight is 347 g/mol. The van der Waals surface area contributed by atoms with E-state index in [1.54, 1.807) is 12.0 Å². The Morgan fingerprint density at radius 2 is 1.79 bits per heavy atom. The van der Waals surface area contributed by atoms with Gasteiger partial charge in [0.25, 0.3) is 0 Å². The molecule has 0 aliphatic carbocycles. The second-order valence-electron chi connectivity index (χ2n) is 5.46. The van der Waals surface area contributed by atoms with Crippen molar-refractivity contribution in [2.24, 2.45) is 0 Å². The molecule has 1 aliphatic heterocycles. The number of hydrogen-bond acceptors (Lipinski definition) is 4. The Hall–Kier alpha value is -1.96. The minimum absolute atomic E-state index is 0.0707. The van der Waals surface area contributed by atoms with Crippen molar-refractivity contribution < 1.29 is 32.2 Å². The lowest BCUT2D eigenvalue weighted by Crippen LogP contribution is -2.36. The summed E-state index contributed by atoms with van der Waals surface area (Å²) in [5.41, 5.74) is 2.02. The highest BCUT2D eigenvalue weighted by molar-refractivity contribution is 5.76. The highest BCUT2D eigenvalue weighted by atomic mass is 19.4. The Kier molecular flexibility index (Phi) is 5.93. The van der Waals surface area contributed by atoms with Gasteiger partial charge in [-0.2, -0.15) is 13.2 Å². The summed E-state index contributed by atoms with van der Waals surface area (Å²) in [5.74, 6) is 0.994. The molecule has 0 saturated carbocycles. The SMILES string of the molecule is COc1cc2c(cc1OC)CN(C(=O)CCOCC(F)(F)F)CC2. The first-order valence-corrected chi connectivity index (χ1v) is 7.50. The van der Waals surface area contributed by atoms with E-state index >= 15 is 0 Å². The topological polar surface area (TPSA) is 48.0 Å². The molecule has 1 aliphatic rings. The number of ether oxygens (including phenoxy) is 3. The maximum Gasteiger partial charge on any atom is 0.411 e. The van der Waals surface area contributed by atoms with Gasteiger partial charge in [-0.3, -0.25) is 4.79 Å². The van der Waals surface area contributed by atoms with E-state index in [1.165, 1.54) is 7.11 Å². The average Bonchev–Trinajstić information content (AvgIpc) is 2.55. The first-order valence-electron chi connectivity index (χ1n) is 7.50. The number of nitrogens with zero attached hydrogens (tertiary/aromatic N) is 1. The lowest BCUT2D eigenvalue weighted by atomic mass is 9.98. The standard InChI is InChI=1S/C16H20F3NO4/c1-22-13-7-11-3-5-20(9-12(11)8-14(13)23-2)15(21)4-6-24-10-16(17,18)19/h7-8H,3-6,9-10H2,1-2H3. The maximum atomic E-state index is 12.1. The molecule has 0 saturated heterocycles. The fourth-order valence-electron chi connectivity index (χ4n) is 2.60. The first kappa shape index (κ1) is 18.4. The number of methoxy groups -OCH3 is 2. The molecule has 0 N–H and O–H groups in total. The van der Waals surface area contributed by atoms with Gasteiger partial charge in [0.05, 0.1) is 27.2 Å². The molecule has 0 aromatic heterocycles. The maximum absolute atomic E-state index is 12.1. The Morgan fingerprint density at radius 1 is 1.17 bits per heavy atom. The summed E-state index contributed by atoms with van der Waals surface area (Å²) >= 11 is 0. The third kappa shape index (κ3) is 4.77. The zero-order chi connectivity index (χ0) is 17.7. The van der Waals surface area contributed by atoms with E-state index in [0.717, 1.165) is 11.1 Å². The minimum Gasteiger partial charge on any atom is -0.493 e. The van der Waals surface area contributed by atoms with Gasteiger partial charge in [0.2, 0.25) is 5.91 Å². The van der Waals surface area contributed by atoms with Crippen LogP contribution in [-0.2, 0) is 22.5 Å². The number of rotatable bonds is 6. The normalized spacial score (nSPS) is 14.3. The van der Waals surface area contributed by atoms with Crippen LogP contribution in [0.15, 0.2) is 12.1 Å². The van der Waals surface area contributed by atoms with Crippen molar-refractivity contribution in [2.75, 3.05) is 34.0 Å². The van der Waals surface area contributed by atoms with Crippen LogP contribution in [0.1, 0.15) is 17.5 Å². The number of benzene rings is 1. The Balaban J connectivity index is 1.93. The Bertz CT molecular complexity index is 589. The van der Waals surface area contributed by atoms with Crippen molar-refractivity contribution in [3.05, 3.63) is 23.3 Å². The molecule has 0 atom stereocenters. The van der Waals surface area contributed by atoms with Crippen molar-refractivity contribution >= 4 is 5.91 Å². The number of hydrogen-bond donors (Lipinski definition) is 0. The van der Waals surface area contributed by atoms with E-state index in [4.69, 9.17) is 9.47 Å². The second kappa shape index (κ2) is 7.74. The monoisotopic (exact) mass is 347 g/mol. The van der Waals surface area contributed by atoms with Gasteiger partial charge in [-0.05, 0) is 29.7 Å². The summed E-state index contributed by atoms with van der Waals surface area (Å²) in [6.07, 6.45) is -3.79. The third-order valence-electron chi connectivity index (χ3n) is 3.80. The van der Waals surface area contributed by atoms with Crippen molar-refractivity contribution in [3.8, 4) is 11.5 Å². The van der Waals surface area contributed by atoms with Crippen LogP contribution in [0.5, 0.6) is 11.5 Å². The molecular weight excluding hydrogens is 327 g/mol. The Labute approximate surface area is 138 Å². The lowest BCUT2D eigenvalue weighted by molar-refractivity contribution is -0.175. The van der Waals surface area contributed by atoms with Crippen molar-refractivity contribution in [1.29, 1.82) is 0 Å². The summed E-state index contributed by atoms with van der Waals surface area (Å²) in [4.78, 5) is 13.7. The fraction of sp³-hybridized carbons (Fsp3) is 0.562. The van der Waals surface area contributed by atoms with Gasteiger partial charge in [-0.1, -0.05) is 0 Å². The van der Waals surface area contributed by atoms with E-state index < -0.39 is 12.8 Å². The minimum atomic E-state index is -4.37. The molecule has 5 nitrogen and oxygen atoms in total. The second-order valence-corrected chi connectivity index (χ2v) is 5.46. The molecule has 0 unspecified atom stereocenters. The zero-order valence-electron chi connectivity index (χ0n) is 13.6. The largest absolute Gasteiger partial charge is 0.493 e. The van der Waals surface area contributed by atoms with Crippen LogP contribution >= 0.6 is 0 Å². The summed E-state index contributed by atoms with van der Waals surface area (Å²) in [6, 6.07) is 3.72. The molecule has 1 aromatic rings. The molecule has 0 fully saturated rings. The van der Waals surface area contributed by atoms with Gasteiger partial charge in [0.15, 0.2) is 11.5 Å². The number of amides is 1. The van der Waals surface area contributed by atoms with Crippen LogP contribution in [0.3, 0.4) is 0 Å². The predicted octanol–water partition coefficient (Wildman–Crippen LogP) is 2.56. The summed E-state index contributed by atoms with van der Waals surface area (Å²) in [7, 11) is 3.10. The van der Waals surface area contributed by atoms with Gasteiger partial charge in [-0.15, -0.1) is 0 Å². The van der Waals surface area contributed by atoms with Gasteiger partial charge < -0.3 is 19.1 Å². The number of carbonyl (C=O) groups is 1. The van der Waals surface area contributed by atoms with Crippen molar-refractivity contribution in [2.45, 2.75) is 25.6 Å². The van der Waals surface area contributed by atoms with E-state index in [-0.39, 0.29) is 18.9 Å².